The number of hydrogen-bond acceptors (Lipinski definition) is 4. The molecule has 0 saturated heterocycles. The number of carbonyl (C=O) groups excluding carboxylic acids is 1. The largest absolute Gasteiger partial charge is 0.424 e. The molecule has 1 saturated carbocycles. The maximum absolute atomic E-state index is 10.4. The highest BCUT2D eigenvalue weighted by Crippen LogP contribution is 2.43. The second kappa shape index (κ2) is 4.04. The van der Waals surface area contributed by atoms with Crippen molar-refractivity contribution in [1.29, 1.82) is 5.26 Å². The molecule has 0 aromatic carbocycles. The molecule has 0 aliphatic heterocycles. The van der Waals surface area contributed by atoms with Gasteiger partial charge in [0.25, 0.3) is 6.26 Å². The van der Waals surface area contributed by atoms with Crippen LogP contribution in [0.25, 0.3) is 0 Å². The van der Waals surface area contributed by atoms with Crippen LogP contribution in [0.15, 0.2) is 4.99 Å². The summed E-state index contributed by atoms with van der Waals surface area (Å²) in [6.07, 6.45) is 5.45. The lowest BCUT2D eigenvalue weighted by atomic mass is 9.68. The lowest BCUT2D eigenvalue weighted by molar-refractivity contribution is 0.0249. The maximum Gasteiger partial charge on any atom is 0.286 e. The van der Waals surface area contributed by atoms with Gasteiger partial charge < -0.3 is 4.74 Å². The zero-order chi connectivity index (χ0) is 11.5. The summed E-state index contributed by atoms with van der Waals surface area (Å²) >= 11 is 0. The SMILES string of the molecule is CC1(C)CC(OC#N)CC(C)(N=C=O)C1. The molecule has 0 amide bonds. The highest BCUT2D eigenvalue weighted by atomic mass is 16.5. The Bertz CT molecular complexity index is 326. The van der Waals surface area contributed by atoms with Crippen LogP contribution < -0.4 is 0 Å². The van der Waals surface area contributed by atoms with Crippen LogP contribution in [-0.2, 0) is 9.53 Å². The monoisotopic (exact) mass is 208 g/mol. The van der Waals surface area contributed by atoms with Crippen molar-refractivity contribution < 1.29 is 9.53 Å². The zero-order valence-electron chi connectivity index (χ0n) is 9.41. The molecule has 2 unspecified atom stereocenters. The third kappa shape index (κ3) is 3.07. The van der Waals surface area contributed by atoms with E-state index >= 15 is 0 Å². The molecule has 2 atom stereocenters. The molecule has 0 N–H and O–H groups in total. The lowest BCUT2D eigenvalue weighted by Gasteiger charge is -2.42. The van der Waals surface area contributed by atoms with Gasteiger partial charge in [0.2, 0.25) is 6.08 Å². The first-order valence-electron chi connectivity index (χ1n) is 5.05. The van der Waals surface area contributed by atoms with E-state index in [9.17, 15) is 4.79 Å². The van der Waals surface area contributed by atoms with E-state index in [4.69, 9.17) is 10.00 Å². The molecule has 0 aromatic heterocycles. The van der Waals surface area contributed by atoms with Gasteiger partial charge in [0.15, 0.2) is 0 Å². The lowest BCUT2D eigenvalue weighted by Crippen LogP contribution is -2.42. The summed E-state index contributed by atoms with van der Waals surface area (Å²) < 4.78 is 4.98. The molecule has 4 heteroatoms. The molecule has 0 radical (unpaired) electrons. The molecule has 1 rings (SSSR count). The van der Waals surface area contributed by atoms with E-state index < -0.39 is 5.54 Å². The van der Waals surface area contributed by atoms with Gasteiger partial charge >= 0.3 is 0 Å². The van der Waals surface area contributed by atoms with E-state index in [1.54, 1.807) is 12.3 Å². The maximum atomic E-state index is 10.4. The third-order valence-electron chi connectivity index (χ3n) is 2.84. The quantitative estimate of drug-likeness (QED) is 0.397. The minimum absolute atomic E-state index is 0.0366. The van der Waals surface area contributed by atoms with Crippen molar-refractivity contribution in [2.75, 3.05) is 0 Å². The van der Waals surface area contributed by atoms with Crippen molar-refractivity contribution in [2.24, 2.45) is 10.4 Å². The molecule has 1 aliphatic rings. The predicted molar refractivity (Wildman–Crippen MR) is 54.6 cm³/mol. The summed E-state index contributed by atoms with van der Waals surface area (Å²) in [5, 5.41) is 8.51. The van der Waals surface area contributed by atoms with Crippen molar-refractivity contribution in [3.8, 4) is 6.26 Å². The average molecular weight is 208 g/mol. The van der Waals surface area contributed by atoms with Crippen LogP contribution in [-0.4, -0.2) is 17.7 Å². The van der Waals surface area contributed by atoms with Crippen molar-refractivity contribution in [3.63, 3.8) is 0 Å². The number of nitrogens with zero attached hydrogens (tertiary/aromatic N) is 2. The fourth-order valence-corrected chi connectivity index (χ4v) is 2.71. The first kappa shape index (κ1) is 11.7. The molecule has 0 heterocycles. The van der Waals surface area contributed by atoms with Crippen LogP contribution >= 0.6 is 0 Å². The molecule has 0 bridgehead atoms. The Balaban J connectivity index is 2.85. The van der Waals surface area contributed by atoms with Gasteiger partial charge in [-0.2, -0.15) is 10.3 Å². The van der Waals surface area contributed by atoms with Crippen LogP contribution in [0.5, 0.6) is 0 Å². The zero-order valence-corrected chi connectivity index (χ0v) is 9.41. The molecule has 4 nitrogen and oxygen atoms in total. The van der Waals surface area contributed by atoms with Gasteiger partial charge in [-0.05, 0) is 25.2 Å². The molecular weight excluding hydrogens is 192 g/mol. The Morgan fingerprint density at radius 3 is 2.60 bits per heavy atom. The van der Waals surface area contributed by atoms with E-state index in [0.29, 0.717) is 6.42 Å². The molecule has 82 valence electrons. The fraction of sp³-hybridized carbons (Fsp3) is 0.818. The highest BCUT2D eigenvalue weighted by Gasteiger charge is 2.42. The van der Waals surface area contributed by atoms with Gasteiger partial charge in [0.1, 0.15) is 6.10 Å². The highest BCUT2D eigenvalue weighted by molar-refractivity contribution is 5.35. The van der Waals surface area contributed by atoms with Crippen molar-refractivity contribution in [3.05, 3.63) is 0 Å². The first-order chi connectivity index (χ1) is 6.91. The van der Waals surface area contributed by atoms with Gasteiger partial charge in [0.05, 0.1) is 5.54 Å². The summed E-state index contributed by atoms with van der Waals surface area (Å²) in [7, 11) is 0. The molecule has 1 fully saturated rings. The Hall–Kier alpha value is -1.33. The number of aliphatic imine (C=N–C) groups is 1. The smallest absolute Gasteiger partial charge is 0.286 e. The Labute approximate surface area is 89.9 Å². The Kier molecular flexibility index (Phi) is 3.16. The number of hydrogen-bond donors (Lipinski definition) is 0. The topological polar surface area (TPSA) is 62.4 Å². The predicted octanol–water partition coefficient (Wildman–Crippen LogP) is 2.16. The van der Waals surface area contributed by atoms with Crippen LogP contribution in [0.3, 0.4) is 0 Å². The molecule has 15 heavy (non-hydrogen) atoms. The third-order valence-corrected chi connectivity index (χ3v) is 2.84. The van der Waals surface area contributed by atoms with Gasteiger partial charge in [-0.15, -0.1) is 0 Å². The summed E-state index contributed by atoms with van der Waals surface area (Å²) in [5.41, 5.74) is -0.403. The minimum Gasteiger partial charge on any atom is -0.424 e. The van der Waals surface area contributed by atoms with E-state index in [1.807, 2.05) is 6.92 Å². The first-order valence-corrected chi connectivity index (χ1v) is 5.05. The number of rotatable bonds is 2. The van der Waals surface area contributed by atoms with E-state index in [0.717, 1.165) is 12.8 Å². The summed E-state index contributed by atoms with van der Waals surface area (Å²) in [6, 6.07) is 0. The summed E-state index contributed by atoms with van der Waals surface area (Å²) in [5.74, 6) is 0. The normalized spacial score (nSPS) is 33.6. The number of isocyanates is 1. The fourth-order valence-electron chi connectivity index (χ4n) is 2.71. The van der Waals surface area contributed by atoms with Gasteiger partial charge in [-0.3, -0.25) is 0 Å². The van der Waals surface area contributed by atoms with E-state index in [-0.39, 0.29) is 11.5 Å². The van der Waals surface area contributed by atoms with Crippen molar-refractivity contribution in [2.45, 2.75) is 51.7 Å². The van der Waals surface area contributed by atoms with Crippen LogP contribution in [0, 0.1) is 16.9 Å². The van der Waals surface area contributed by atoms with Gasteiger partial charge in [-0.1, -0.05) is 13.8 Å². The second-order valence-corrected chi connectivity index (χ2v) is 5.28. The molecular formula is C11H16N2O2. The standard InChI is InChI=1S/C11H16N2O2/c1-10(2)4-9(15-7-12)5-11(3,6-10)13-8-14/h9H,4-6H2,1-3H3. The summed E-state index contributed by atoms with van der Waals surface area (Å²) in [6.45, 7) is 6.10. The molecule has 0 aromatic rings. The van der Waals surface area contributed by atoms with Gasteiger partial charge in [0, 0.05) is 6.42 Å². The number of nitriles is 1. The van der Waals surface area contributed by atoms with Crippen molar-refractivity contribution >= 4 is 6.08 Å². The Morgan fingerprint density at radius 1 is 1.40 bits per heavy atom. The number of ether oxygens (including phenoxy) is 1. The molecule has 0 spiro atoms. The van der Waals surface area contributed by atoms with E-state index in [2.05, 4.69) is 18.8 Å². The average Bonchev–Trinajstić information content (AvgIpc) is 1.99. The molecule has 1 aliphatic carbocycles. The van der Waals surface area contributed by atoms with E-state index in [1.165, 1.54) is 0 Å². The second-order valence-electron chi connectivity index (χ2n) is 5.28. The Morgan fingerprint density at radius 2 is 2.07 bits per heavy atom. The summed E-state index contributed by atoms with van der Waals surface area (Å²) in [4.78, 5) is 14.2. The van der Waals surface area contributed by atoms with Crippen molar-refractivity contribution in [1.82, 2.24) is 0 Å². The minimum atomic E-state index is -0.439. The van der Waals surface area contributed by atoms with Crippen LogP contribution in [0.4, 0.5) is 0 Å². The van der Waals surface area contributed by atoms with Gasteiger partial charge in [-0.25, -0.2) is 4.79 Å². The van der Waals surface area contributed by atoms with Crippen LogP contribution in [0.1, 0.15) is 40.0 Å². The van der Waals surface area contributed by atoms with Crippen LogP contribution in [0.2, 0.25) is 0 Å².